The number of hydrogen-bond donors (Lipinski definition) is 0. The van der Waals surface area contributed by atoms with Gasteiger partial charge in [-0.15, -0.1) is 0 Å². The summed E-state index contributed by atoms with van der Waals surface area (Å²) < 4.78 is 5.86. The molecule has 1 aromatic carbocycles. The Morgan fingerprint density at radius 2 is 1.50 bits per heavy atom. The van der Waals surface area contributed by atoms with Crippen molar-refractivity contribution in [2.45, 2.75) is 64.9 Å². The molecule has 1 saturated carbocycles. The van der Waals surface area contributed by atoms with Gasteiger partial charge in [-0.3, -0.25) is 0 Å². The molecule has 1 aromatic rings. The third-order valence-corrected chi connectivity index (χ3v) is 3.79. The summed E-state index contributed by atoms with van der Waals surface area (Å²) in [5.41, 5.74) is 1.38. The summed E-state index contributed by atoms with van der Waals surface area (Å²) in [6.07, 6.45) is 5.46. The summed E-state index contributed by atoms with van der Waals surface area (Å²) in [6, 6.07) is 8.75. The second-order valence-corrected chi connectivity index (χ2v) is 6.74. The molecule has 0 aromatic heterocycles. The van der Waals surface area contributed by atoms with Crippen LogP contribution in [0.2, 0.25) is 0 Å². The SMILES string of the molecule is CC1CCC(c2ccc(OC(C)(C)C)cc2)CC1. The van der Waals surface area contributed by atoms with Crippen LogP contribution in [-0.4, -0.2) is 5.60 Å². The average Bonchev–Trinajstić information content (AvgIpc) is 2.29. The summed E-state index contributed by atoms with van der Waals surface area (Å²) in [5.74, 6) is 2.67. The van der Waals surface area contributed by atoms with Crippen LogP contribution in [0, 0.1) is 5.92 Å². The van der Waals surface area contributed by atoms with E-state index in [-0.39, 0.29) is 5.60 Å². The van der Waals surface area contributed by atoms with Gasteiger partial charge in [0.1, 0.15) is 11.4 Å². The van der Waals surface area contributed by atoms with Crippen LogP contribution in [0.15, 0.2) is 24.3 Å². The van der Waals surface area contributed by atoms with Crippen LogP contribution in [0.25, 0.3) is 0 Å². The van der Waals surface area contributed by atoms with E-state index >= 15 is 0 Å². The number of benzene rings is 1. The zero-order valence-corrected chi connectivity index (χ0v) is 12.2. The minimum atomic E-state index is -0.109. The minimum absolute atomic E-state index is 0.109. The van der Waals surface area contributed by atoms with Crippen LogP contribution in [0.4, 0.5) is 0 Å². The highest BCUT2D eigenvalue weighted by atomic mass is 16.5. The van der Waals surface area contributed by atoms with E-state index in [4.69, 9.17) is 4.74 Å². The highest BCUT2D eigenvalue weighted by Crippen LogP contribution is 2.36. The molecule has 0 saturated heterocycles. The molecular formula is C17H26O. The molecule has 0 radical (unpaired) electrons. The Kier molecular flexibility index (Phi) is 3.99. The Morgan fingerprint density at radius 1 is 0.944 bits per heavy atom. The first kappa shape index (κ1) is 13.5. The van der Waals surface area contributed by atoms with Crippen LogP contribution < -0.4 is 4.74 Å². The first-order valence-electron chi connectivity index (χ1n) is 7.23. The van der Waals surface area contributed by atoms with Crippen molar-refractivity contribution in [2.75, 3.05) is 0 Å². The van der Waals surface area contributed by atoms with E-state index in [0.717, 1.165) is 17.6 Å². The van der Waals surface area contributed by atoms with Gasteiger partial charge in [-0.2, -0.15) is 0 Å². The summed E-state index contributed by atoms with van der Waals surface area (Å²) in [5, 5.41) is 0. The van der Waals surface area contributed by atoms with Gasteiger partial charge in [0.25, 0.3) is 0 Å². The van der Waals surface area contributed by atoms with Gasteiger partial charge in [-0.05, 0) is 63.1 Å². The lowest BCUT2D eigenvalue weighted by molar-refractivity contribution is 0.131. The molecule has 0 unspecified atom stereocenters. The van der Waals surface area contributed by atoms with Crippen molar-refractivity contribution in [3.8, 4) is 5.75 Å². The molecule has 18 heavy (non-hydrogen) atoms. The topological polar surface area (TPSA) is 9.23 Å². The Balaban J connectivity index is 1.99. The standard InChI is InChI=1S/C17H26O/c1-13-5-7-14(8-6-13)15-9-11-16(12-10-15)18-17(2,3)4/h9-14H,5-8H2,1-4H3. The lowest BCUT2D eigenvalue weighted by Gasteiger charge is -2.27. The third kappa shape index (κ3) is 3.76. The molecule has 0 spiro atoms. The van der Waals surface area contributed by atoms with Gasteiger partial charge in [0.15, 0.2) is 0 Å². The van der Waals surface area contributed by atoms with E-state index in [0.29, 0.717) is 0 Å². The first-order chi connectivity index (χ1) is 8.44. The molecule has 1 aliphatic carbocycles. The molecule has 1 heteroatoms. The molecule has 0 heterocycles. The lowest BCUT2D eigenvalue weighted by Crippen LogP contribution is -2.22. The van der Waals surface area contributed by atoms with E-state index in [1.807, 2.05) is 0 Å². The maximum atomic E-state index is 5.86. The van der Waals surface area contributed by atoms with Gasteiger partial charge in [-0.1, -0.05) is 31.9 Å². The van der Waals surface area contributed by atoms with Gasteiger partial charge in [-0.25, -0.2) is 0 Å². The highest BCUT2D eigenvalue weighted by Gasteiger charge is 2.19. The normalized spacial score (nSPS) is 24.9. The predicted molar refractivity (Wildman–Crippen MR) is 77.2 cm³/mol. The van der Waals surface area contributed by atoms with E-state index in [9.17, 15) is 0 Å². The maximum absolute atomic E-state index is 5.86. The summed E-state index contributed by atoms with van der Waals surface area (Å²) in [7, 11) is 0. The van der Waals surface area contributed by atoms with E-state index < -0.39 is 0 Å². The van der Waals surface area contributed by atoms with Gasteiger partial charge >= 0.3 is 0 Å². The van der Waals surface area contributed by atoms with Gasteiger partial charge in [0.2, 0.25) is 0 Å². The van der Waals surface area contributed by atoms with Crippen molar-refractivity contribution < 1.29 is 4.74 Å². The van der Waals surface area contributed by atoms with Gasteiger partial charge in [0, 0.05) is 0 Å². The van der Waals surface area contributed by atoms with E-state index in [1.54, 1.807) is 0 Å². The van der Waals surface area contributed by atoms with Crippen LogP contribution in [-0.2, 0) is 0 Å². The fourth-order valence-electron chi connectivity index (χ4n) is 2.76. The van der Waals surface area contributed by atoms with Crippen molar-refractivity contribution in [3.05, 3.63) is 29.8 Å². The van der Waals surface area contributed by atoms with Gasteiger partial charge < -0.3 is 4.74 Å². The van der Waals surface area contributed by atoms with E-state index in [1.165, 1.54) is 31.2 Å². The number of hydrogen-bond acceptors (Lipinski definition) is 1. The van der Waals surface area contributed by atoms with Gasteiger partial charge in [0.05, 0.1) is 0 Å². The van der Waals surface area contributed by atoms with Crippen molar-refractivity contribution in [1.82, 2.24) is 0 Å². The third-order valence-electron chi connectivity index (χ3n) is 3.79. The van der Waals surface area contributed by atoms with Crippen molar-refractivity contribution in [1.29, 1.82) is 0 Å². The molecule has 100 valence electrons. The Hall–Kier alpha value is -0.980. The Morgan fingerprint density at radius 3 is 2.00 bits per heavy atom. The second kappa shape index (κ2) is 5.34. The molecule has 1 aliphatic rings. The van der Waals surface area contributed by atoms with Crippen LogP contribution in [0.3, 0.4) is 0 Å². The molecule has 2 rings (SSSR count). The van der Waals surface area contributed by atoms with Crippen molar-refractivity contribution in [2.24, 2.45) is 5.92 Å². The van der Waals surface area contributed by atoms with Crippen LogP contribution >= 0.6 is 0 Å². The molecule has 0 atom stereocenters. The van der Waals surface area contributed by atoms with Crippen LogP contribution in [0.1, 0.15) is 64.9 Å². The first-order valence-corrected chi connectivity index (χ1v) is 7.23. The minimum Gasteiger partial charge on any atom is -0.488 e. The molecule has 0 aliphatic heterocycles. The monoisotopic (exact) mass is 246 g/mol. The second-order valence-electron chi connectivity index (χ2n) is 6.74. The zero-order chi connectivity index (χ0) is 13.2. The van der Waals surface area contributed by atoms with Crippen LogP contribution in [0.5, 0.6) is 5.75 Å². The largest absolute Gasteiger partial charge is 0.488 e. The molecule has 1 fully saturated rings. The summed E-state index contributed by atoms with van der Waals surface area (Å²) >= 11 is 0. The molecule has 0 amide bonds. The fourth-order valence-corrected chi connectivity index (χ4v) is 2.76. The Bertz CT molecular complexity index is 364. The number of rotatable bonds is 2. The van der Waals surface area contributed by atoms with Crippen molar-refractivity contribution in [3.63, 3.8) is 0 Å². The Labute approximate surface area is 112 Å². The van der Waals surface area contributed by atoms with E-state index in [2.05, 4.69) is 52.0 Å². The molecular weight excluding hydrogens is 220 g/mol. The average molecular weight is 246 g/mol. The highest BCUT2D eigenvalue weighted by molar-refractivity contribution is 5.30. The quantitative estimate of drug-likeness (QED) is 0.700. The lowest BCUT2D eigenvalue weighted by atomic mass is 9.79. The van der Waals surface area contributed by atoms with Crippen molar-refractivity contribution >= 4 is 0 Å². The molecule has 0 N–H and O–H groups in total. The summed E-state index contributed by atoms with van der Waals surface area (Å²) in [4.78, 5) is 0. The molecule has 1 nitrogen and oxygen atoms in total. The fraction of sp³-hybridized carbons (Fsp3) is 0.647. The maximum Gasteiger partial charge on any atom is 0.120 e. The summed E-state index contributed by atoms with van der Waals surface area (Å²) in [6.45, 7) is 8.63. The predicted octanol–water partition coefficient (Wildman–Crippen LogP) is 5.16. The molecule has 0 bridgehead atoms. The zero-order valence-electron chi connectivity index (χ0n) is 12.2. The smallest absolute Gasteiger partial charge is 0.120 e. The number of ether oxygens (including phenoxy) is 1.